The van der Waals surface area contributed by atoms with Crippen molar-refractivity contribution in [3.05, 3.63) is 23.4 Å². The lowest BCUT2D eigenvalue weighted by atomic mass is 9.97. The van der Waals surface area contributed by atoms with Gasteiger partial charge in [-0.2, -0.15) is 0 Å². The van der Waals surface area contributed by atoms with Crippen LogP contribution in [0.1, 0.15) is 20.8 Å². The van der Waals surface area contributed by atoms with Crippen LogP contribution in [0.4, 0.5) is 0 Å². The van der Waals surface area contributed by atoms with Gasteiger partial charge in [-0.3, -0.25) is 14.4 Å². The summed E-state index contributed by atoms with van der Waals surface area (Å²) in [5, 5.41) is 0.981. The number of pyridine rings is 1. The van der Waals surface area contributed by atoms with E-state index in [1.807, 2.05) is 0 Å². The molecule has 2 heterocycles. The summed E-state index contributed by atoms with van der Waals surface area (Å²) in [6.07, 6.45) is -1.26. The van der Waals surface area contributed by atoms with Crippen molar-refractivity contribution in [2.75, 3.05) is 6.61 Å². The van der Waals surface area contributed by atoms with Gasteiger partial charge in [0.25, 0.3) is 0 Å². The van der Waals surface area contributed by atoms with Gasteiger partial charge in [0.15, 0.2) is 6.10 Å². The summed E-state index contributed by atoms with van der Waals surface area (Å²) < 4.78 is 21.6. The minimum atomic E-state index is -0.981. The van der Waals surface area contributed by atoms with Crippen LogP contribution in [-0.4, -0.2) is 59.3 Å². The summed E-state index contributed by atoms with van der Waals surface area (Å²) >= 11 is 7.12. The third-order valence-corrected chi connectivity index (χ3v) is 5.00. The number of carbonyl (C=O) groups is 3. The van der Waals surface area contributed by atoms with Gasteiger partial charge in [-0.15, -0.1) is 0 Å². The topological polar surface area (TPSA) is 127 Å². The molecule has 1 aliphatic heterocycles. The maximum absolute atomic E-state index is 11.6. The molecule has 1 aromatic rings. The van der Waals surface area contributed by atoms with E-state index in [1.165, 1.54) is 27.0 Å². The lowest BCUT2D eigenvalue weighted by molar-refractivity contribution is -0.201. The molecule has 5 unspecified atom stereocenters. The van der Waals surface area contributed by atoms with E-state index in [1.54, 1.807) is 12.1 Å². The van der Waals surface area contributed by atoms with Crippen LogP contribution < -0.4 is 5.73 Å². The van der Waals surface area contributed by atoms with Crippen LogP contribution >= 0.6 is 23.4 Å². The average Bonchev–Trinajstić information content (AvgIpc) is 2.58. The number of ether oxygens (including phenoxy) is 4. The van der Waals surface area contributed by atoms with E-state index in [0.29, 0.717) is 10.0 Å². The number of halogens is 1. The van der Waals surface area contributed by atoms with E-state index in [9.17, 15) is 14.4 Å². The number of hydrogen-bond donors (Lipinski definition) is 1. The van der Waals surface area contributed by atoms with Gasteiger partial charge in [-0.25, -0.2) is 4.98 Å². The van der Waals surface area contributed by atoms with Crippen LogP contribution in [-0.2, 0) is 33.3 Å². The summed E-state index contributed by atoms with van der Waals surface area (Å²) in [4.78, 5) is 38.5. The Labute approximate surface area is 171 Å². The molecule has 1 aliphatic rings. The minimum Gasteiger partial charge on any atom is -0.463 e. The maximum Gasteiger partial charge on any atom is 0.303 e. The zero-order valence-electron chi connectivity index (χ0n) is 15.5. The largest absolute Gasteiger partial charge is 0.463 e. The molecular formula is C17H21ClN2O7S. The van der Waals surface area contributed by atoms with Gasteiger partial charge >= 0.3 is 17.9 Å². The molecule has 1 saturated heterocycles. The highest BCUT2D eigenvalue weighted by atomic mass is 35.5. The predicted molar refractivity (Wildman–Crippen MR) is 99.5 cm³/mol. The molecule has 1 aromatic heterocycles. The van der Waals surface area contributed by atoms with Crippen molar-refractivity contribution in [2.24, 2.45) is 5.73 Å². The maximum atomic E-state index is 11.6. The molecule has 0 saturated carbocycles. The van der Waals surface area contributed by atoms with Crippen molar-refractivity contribution in [1.82, 2.24) is 4.98 Å². The lowest BCUT2D eigenvalue weighted by Crippen LogP contribution is -2.63. The molecule has 5 atom stereocenters. The fourth-order valence-corrected chi connectivity index (χ4v) is 3.96. The zero-order chi connectivity index (χ0) is 20.8. The van der Waals surface area contributed by atoms with Crippen LogP contribution in [0.15, 0.2) is 23.4 Å². The smallest absolute Gasteiger partial charge is 0.303 e. The Morgan fingerprint density at radius 1 is 1.18 bits per heavy atom. The van der Waals surface area contributed by atoms with E-state index in [-0.39, 0.29) is 6.61 Å². The fourth-order valence-electron chi connectivity index (χ4n) is 2.61. The number of nitrogens with two attached hydrogens (primary N) is 1. The van der Waals surface area contributed by atoms with Crippen molar-refractivity contribution in [3.63, 3.8) is 0 Å². The first-order valence-corrected chi connectivity index (χ1v) is 9.60. The minimum absolute atomic E-state index is 0.187. The normalized spacial score (nSPS) is 27.0. The Hall–Kier alpha value is -1.88. The second kappa shape index (κ2) is 10.1. The number of rotatable bonds is 6. The van der Waals surface area contributed by atoms with Gasteiger partial charge in [0, 0.05) is 32.0 Å². The van der Waals surface area contributed by atoms with E-state index in [4.69, 9.17) is 36.3 Å². The van der Waals surface area contributed by atoms with Gasteiger partial charge in [0.05, 0.1) is 6.04 Å². The molecule has 0 bridgehead atoms. The predicted octanol–water partition coefficient (Wildman–Crippen LogP) is 1.31. The Morgan fingerprint density at radius 2 is 1.82 bits per heavy atom. The van der Waals surface area contributed by atoms with Gasteiger partial charge < -0.3 is 24.7 Å². The highest BCUT2D eigenvalue weighted by Crippen LogP contribution is 2.35. The van der Waals surface area contributed by atoms with E-state index >= 15 is 0 Å². The molecule has 0 amide bonds. The summed E-state index contributed by atoms with van der Waals surface area (Å²) in [5.74, 6) is -1.70. The SMILES string of the molecule is CC(=O)OCC1OC(Sc2cc(Cl)ccn2)C(OC(C)=O)C(N)C1OC(C)=O. The quantitative estimate of drug-likeness (QED) is 0.519. The van der Waals surface area contributed by atoms with Gasteiger partial charge in [0.1, 0.15) is 29.3 Å². The van der Waals surface area contributed by atoms with Crippen LogP contribution in [0.5, 0.6) is 0 Å². The highest BCUT2D eigenvalue weighted by molar-refractivity contribution is 7.99. The number of carbonyl (C=O) groups excluding carboxylic acids is 3. The Morgan fingerprint density at radius 3 is 2.39 bits per heavy atom. The molecule has 11 heteroatoms. The Balaban J connectivity index is 2.29. The number of esters is 3. The first-order chi connectivity index (χ1) is 13.2. The van der Waals surface area contributed by atoms with Crippen molar-refractivity contribution < 1.29 is 33.3 Å². The standard InChI is InChI=1S/C17H21ClN2O7S/c1-8(21)24-7-12-15(25-9(2)22)14(19)16(26-10(3)23)17(27-12)28-13-6-11(18)4-5-20-13/h4-6,12,14-17H,7,19H2,1-3H3. The highest BCUT2D eigenvalue weighted by Gasteiger charge is 2.48. The fraction of sp³-hybridized carbons (Fsp3) is 0.529. The van der Waals surface area contributed by atoms with Gasteiger partial charge in [-0.05, 0) is 12.1 Å². The molecule has 0 aliphatic carbocycles. The average molecular weight is 433 g/mol. The summed E-state index contributed by atoms with van der Waals surface area (Å²) in [6.45, 7) is 3.51. The van der Waals surface area contributed by atoms with Gasteiger partial charge in [0.2, 0.25) is 0 Å². The van der Waals surface area contributed by atoms with Crippen LogP contribution in [0.25, 0.3) is 0 Å². The second-order valence-corrected chi connectivity index (χ2v) is 7.56. The molecule has 1 fully saturated rings. The molecule has 0 spiro atoms. The van der Waals surface area contributed by atoms with E-state index in [0.717, 1.165) is 11.8 Å². The van der Waals surface area contributed by atoms with Crippen LogP contribution in [0.3, 0.4) is 0 Å². The number of thioether (sulfide) groups is 1. The van der Waals surface area contributed by atoms with Crippen molar-refractivity contribution >= 4 is 41.3 Å². The number of hydrogen-bond acceptors (Lipinski definition) is 10. The molecule has 2 N–H and O–H groups in total. The Kier molecular flexibility index (Phi) is 8.05. The van der Waals surface area contributed by atoms with Crippen LogP contribution in [0, 0.1) is 0 Å². The van der Waals surface area contributed by atoms with E-state index in [2.05, 4.69) is 4.98 Å². The molecule has 2 rings (SSSR count). The summed E-state index contributed by atoms with van der Waals surface area (Å²) in [7, 11) is 0. The first kappa shape index (κ1) is 22.4. The molecule has 154 valence electrons. The second-order valence-electron chi connectivity index (χ2n) is 6.00. The molecule has 28 heavy (non-hydrogen) atoms. The molecule has 0 radical (unpaired) electrons. The third kappa shape index (κ3) is 6.33. The lowest BCUT2D eigenvalue weighted by Gasteiger charge is -2.43. The van der Waals surface area contributed by atoms with Crippen LogP contribution in [0.2, 0.25) is 5.02 Å². The molecular weight excluding hydrogens is 412 g/mol. The van der Waals surface area contributed by atoms with Gasteiger partial charge in [-0.1, -0.05) is 23.4 Å². The Bertz CT molecular complexity index is 733. The van der Waals surface area contributed by atoms with Crippen molar-refractivity contribution in [2.45, 2.75) is 55.6 Å². The monoisotopic (exact) mass is 432 g/mol. The van der Waals surface area contributed by atoms with Crippen molar-refractivity contribution in [3.8, 4) is 0 Å². The summed E-state index contributed by atoms with van der Waals surface area (Å²) in [5.41, 5.74) is 5.46. The number of aromatic nitrogens is 1. The zero-order valence-corrected chi connectivity index (χ0v) is 17.1. The van der Waals surface area contributed by atoms with E-state index < -0.39 is 47.7 Å². The molecule has 0 aromatic carbocycles. The first-order valence-electron chi connectivity index (χ1n) is 8.34. The van der Waals surface area contributed by atoms with Crippen molar-refractivity contribution in [1.29, 1.82) is 0 Å². The number of nitrogens with zero attached hydrogens (tertiary/aromatic N) is 1. The molecule has 9 nitrogen and oxygen atoms in total. The third-order valence-electron chi connectivity index (χ3n) is 3.69. The summed E-state index contributed by atoms with van der Waals surface area (Å²) in [6, 6.07) is 2.31.